The van der Waals surface area contributed by atoms with Gasteiger partial charge in [-0.15, -0.1) is 0 Å². The zero-order valence-corrected chi connectivity index (χ0v) is 14.3. The number of aromatic amines is 1. The minimum Gasteiger partial charge on any atom is -0.309 e. The van der Waals surface area contributed by atoms with Crippen molar-refractivity contribution in [1.82, 2.24) is 10.2 Å². The van der Waals surface area contributed by atoms with Crippen molar-refractivity contribution in [2.24, 2.45) is 0 Å². The van der Waals surface area contributed by atoms with Crippen molar-refractivity contribution in [2.45, 2.75) is 44.4 Å². The van der Waals surface area contributed by atoms with E-state index in [9.17, 15) is 4.79 Å². The molecular weight excluding hydrogens is 310 g/mol. The molecule has 4 nitrogen and oxygen atoms in total. The van der Waals surface area contributed by atoms with E-state index in [4.69, 9.17) is 0 Å². The third-order valence-electron chi connectivity index (χ3n) is 5.09. The Balaban J connectivity index is 1.40. The molecule has 1 aromatic heterocycles. The number of benzene rings is 2. The average molecular weight is 333 g/mol. The number of nitrogens with one attached hydrogen (secondary N) is 2. The number of hydrogen-bond acceptors (Lipinski definition) is 2. The fourth-order valence-corrected chi connectivity index (χ4v) is 3.74. The lowest BCUT2D eigenvalue weighted by Gasteiger charge is -2.19. The molecule has 1 fully saturated rings. The van der Waals surface area contributed by atoms with Crippen LogP contribution in [0.2, 0.25) is 0 Å². The first-order valence-electron chi connectivity index (χ1n) is 9.11. The van der Waals surface area contributed by atoms with Gasteiger partial charge in [-0.05, 0) is 29.2 Å². The molecule has 1 aliphatic rings. The lowest BCUT2D eigenvalue weighted by atomic mass is 9.87. The van der Waals surface area contributed by atoms with Crippen molar-refractivity contribution in [3.8, 4) is 0 Å². The molecule has 0 spiro atoms. The van der Waals surface area contributed by atoms with Crippen molar-refractivity contribution in [3.63, 3.8) is 0 Å². The Kier molecular flexibility index (Phi) is 4.51. The molecule has 4 rings (SSSR count). The van der Waals surface area contributed by atoms with Gasteiger partial charge in [-0.2, -0.15) is 5.10 Å². The van der Waals surface area contributed by atoms with E-state index in [0.717, 1.165) is 16.6 Å². The molecule has 2 N–H and O–H groups in total. The van der Waals surface area contributed by atoms with Gasteiger partial charge in [0.2, 0.25) is 5.91 Å². The van der Waals surface area contributed by atoms with E-state index >= 15 is 0 Å². The van der Waals surface area contributed by atoms with Crippen LogP contribution in [0.25, 0.3) is 10.8 Å². The standard InChI is InChI=1S/C21H23N3O/c25-21(13-15-10-11-16-6-4-5-9-18(16)12-15)22-20-14-19(23-24-20)17-7-2-1-3-8-17/h4-6,9-12,14,17H,1-3,7-8,13H2,(H2,22,23,24,25). The van der Waals surface area contributed by atoms with Crippen LogP contribution < -0.4 is 5.32 Å². The average Bonchev–Trinajstić information content (AvgIpc) is 3.10. The maximum absolute atomic E-state index is 12.3. The van der Waals surface area contributed by atoms with Crippen LogP contribution in [-0.4, -0.2) is 16.1 Å². The molecule has 0 saturated heterocycles. The van der Waals surface area contributed by atoms with Crippen molar-refractivity contribution in [1.29, 1.82) is 0 Å². The van der Waals surface area contributed by atoms with Crippen molar-refractivity contribution >= 4 is 22.5 Å². The highest BCUT2D eigenvalue weighted by atomic mass is 16.1. The smallest absolute Gasteiger partial charge is 0.229 e. The van der Waals surface area contributed by atoms with Crippen LogP contribution in [0.4, 0.5) is 5.82 Å². The highest BCUT2D eigenvalue weighted by Gasteiger charge is 2.18. The number of H-pyrrole nitrogens is 1. The molecule has 4 heteroatoms. The summed E-state index contributed by atoms with van der Waals surface area (Å²) in [6.45, 7) is 0. The van der Waals surface area contributed by atoms with E-state index in [1.165, 1.54) is 37.5 Å². The number of amides is 1. The summed E-state index contributed by atoms with van der Waals surface area (Å²) in [5.74, 6) is 1.16. The van der Waals surface area contributed by atoms with E-state index in [2.05, 4.69) is 39.8 Å². The summed E-state index contributed by atoms with van der Waals surface area (Å²) in [4.78, 5) is 12.3. The van der Waals surface area contributed by atoms with Crippen LogP contribution in [-0.2, 0) is 11.2 Å². The Morgan fingerprint density at radius 1 is 1.04 bits per heavy atom. The first kappa shape index (κ1) is 15.9. The molecule has 0 radical (unpaired) electrons. The lowest BCUT2D eigenvalue weighted by Crippen LogP contribution is -2.14. The minimum absolute atomic E-state index is 0.0306. The summed E-state index contributed by atoms with van der Waals surface area (Å²) < 4.78 is 0. The van der Waals surface area contributed by atoms with Gasteiger partial charge in [0.1, 0.15) is 0 Å². The van der Waals surface area contributed by atoms with Crippen LogP contribution in [0.5, 0.6) is 0 Å². The second kappa shape index (κ2) is 7.09. The molecule has 0 aliphatic heterocycles. The Hall–Kier alpha value is -2.62. The quantitative estimate of drug-likeness (QED) is 0.721. The van der Waals surface area contributed by atoms with Gasteiger partial charge in [0, 0.05) is 17.7 Å². The number of anilines is 1. The molecule has 1 aliphatic carbocycles. The summed E-state index contributed by atoms with van der Waals surface area (Å²) in [7, 11) is 0. The molecule has 0 bridgehead atoms. The number of carbonyl (C=O) groups is 1. The van der Waals surface area contributed by atoms with E-state index in [-0.39, 0.29) is 5.91 Å². The van der Waals surface area contributed by atoms with Crippen molar-refractivity contribution in [3.05, 3.63) is 59.8 Å². The predicted octanol–water partition coefficient (Wildman–Crippen LogP) is 4.79. The maximum Gasteiger partial charge on any atom is 0.229 e. The number of hydrogen-bond donors (Lipinski definition) is 2. The van der Waals surface area contributed by atoms with Gasteiger partial charge in [0.25, 0.3) is 0 Å². The van der Waals surface area contributed by atoms with Crippen molar-refractivity contribution < 1.29 is 4.79 Å². The zero-order chi connectivity index (χ0) is 17.1. The minimum atomic E-state index is -0.0306. The summed E-state index contributed by atoms with van der Waals surface area (Å²) in [6.07, 6.45) is 6.69. The largest absolute Gasteiger partial charge is 0.309 e. The molecule has 128 valence electrons. The lowest BCUT2D eigenvalue weighted by molar-refractivity contribution is -0.115. The van der Waals surface area contributed by atoms with Gasteiger partial charge in [-0.1, -0.05) is 61.7 Å². The van der Waals surface area contributed by atoms with Crippen LogP contribution in [0.15, 0.2) is 48.5 Å². The van der Waals surface area contributed by atoms with E-state index < -0.39 is 0 Å². The Bertz CT molecular complexity index is 877. The summed E-state index contributed by atoms with van der Waals surface area (Å²) in [5.41, 5.74) is 2.17. The van der Waals surface area contributed by atoms with Crippen LogP contribution in [0.3, 0.4) is 0 Å². The number of aromatic nitrogens is 2. The molecule has 2 aromatic carbocycles. The predicted molar refractivity (Wildman–Crippen MR) is 101 cm³/mol. The third kappa shape index (κ3) is 3.73. The Labute approximate surface area is 147 Å². The van der Waals surface area contributed by atoms with Gasteiger partial charge in [0.05, 0.1) is 6.42 Å². The first-order valence-corrected chi connectivity index (χ1v) is 9.11. The first-order chi connectivity index (χ1) is 12.3. The summed E-state index contributed by atoms with van der Waals surface area (Å²) in [6, 6.07) is 16.3. The van der Waals surface area contributed by atoms with Crippen molar-refractivity contribution in [2.75, 3.05) is 5.32 Å². The molecule has 1 amide bonds. The van der Waals surface area contributed by atoms with E-state index in [1.54, 1.807) is 0 Å². The molecular formula is C21H23N3O. The highest BCUT2D eigenvalue weighted by molar-refractivity contribution is 5.92. The van der Waals surface area contributed by atoms with Gasteiger partial charge in [0.15, 0.2) is 5.82 Å². The SMILES string of the molecule is O=C(Cc1ccc2ccccc2c1)Nc1cc(C2CCCCC2)[nH]n1. The summed E-state index contributed by atoms with van der Waals surface area (Å²) >= 11 is 0. The number of fused-ring (bicyclic) bond motifs is 1. The van der Waals surface area contributed by atoms with Crippen LogP contribution in [0.1, 0.15) is 49.3 Å². The topological polar surface area (TPSA) is 57.8 Å². The highest BCUT2D eigenvalue weighted by Crippen LogP contribution is 2.32. The third-order valence-corrected chi connectivity index (χ3v) is 5.09. The number of carbonyl (C=O) groups excluding carboxylic acids is 1. The molecule has 1 heterocycles. The second-order valence-electron chi connectivity index (χ2n) is 6.95. The maximum atomic E-state index is 12.3. The second-order valence-corrected chi connectivity index (χ2v) is 6.95. The van der Waals surface area contributed by atoms with Gasteiger partial charge < -0.3 is 5.32 Å². The van der Waals surface area contributed by atoms with Gasteiger partial charge in [-0.25, -0.2) is 0 Å². The van der Waals surface area contributed by atoms with Crippen LogP contribution in [0, 0.1) is 0 Å². The molecule has 0 atom stereocenters. The molecule has 25 heavy (non-hydrogen) atoms. The van der Waals surface area contributed by atoms with Crippen LogP contribution >= 0.6 is 0 Å². The van der Waals surface area contributed by atoms with E-state index in [1.807, 2.05) is 24.3 Å². The van der Waals surface area contributed by atoms with Gasteiger partial charge in [-0.3, -0.25) is 9.89 Å². The summed E-state index contributed by atoms with van der Waals surface area (Å²) in [5, 5.41) is 12.6. The fraction of sp³-hybridized carbons (Fsp3) is 0.333. The molecule has 1 saturated carbocycles. The monoisotopic (exact) mass is 333 g/mol. The Morgan fingerprint density at radius 2 is 1.84 bits per heavy atom. The molecule has 3 aromatic rings. The fourth-order valence-electron chi connectivity index (χ4n) is 3.74. The van der Waals surface area contributed by atoms with E-state index in [0.29, 0.717) is 18.2 Å². The van der Waals surface area contributed by atoms with Gasteiger partial charge >= 0.3 is 0 Å². The zero-order valence-electron chi connectivity index (χ0n) is 14.3. The number of rotatable bonds is 4. The number of nitrogens with zero attached hydrogens (tertiary/aromatic N) is 1. The Morgan fingerprint density at radius 3 is 2.68 bits per heavy atom. The molecule has 0 unspecified atom stereocenters. The normalized spacial score (nSPS) is 15.4.